The Balaban J connectivity index is 1.87. The van der Waals surface area contributed by atoms with E-state index in [1.165, 1.54) is 12.1 Å². The van der Waals surface area contributed by atoms with Crippen LogP contribution in [-0.4, -0.2) is 9.97 Å². The van der Waals surface area contributed by atoms with Crippen molar-refractivity contribution in [2.24, 2.45) is 0 Å². The first-order valence-corrected chi connectivity index (χ1v) is 7.82. The van der Waals surface area contributed by atoms with Crippen molar-refractivity contribution < 1.29 is 8.78 Å². The molecule has 6 heteroatoms. The second-order valence-corrected chi connectivity index (χ2v) is 5.94. The molecule has 0 fully saturated rings. The SMILES string of the molecule is Cc1cc(C)cc(Nc2cc(Nc3ccc(F)cc3F)nc(C)n2)c1. The van der Waals surface area contributed by atoms with Crippen LogP contribution in [0, 0.1) is 32.4 Å². The van der Waals surface area contributed by atoms with Gasteiger partial charge in [0.1, 0.15) is 29.1 Å². The van der Waals surface area contributed by atoms with Crippen molar-refractivity contribution in [1.29, 1.82) is 0 Å². The van der Waals surface area contributed by atoms with Crippen LogP contribution in [0.3, 0.4) is 0 Å². The van der Waals surface area contributed by atoms with Gasteiger partial charge in [-0.3, -0.25) is 0 Å². The largest absolute Gasteiger partial charge is 0.340 e. The average molecular weight is 340 g/mol. The van der Waals surface area contributed by atoms with E-state index >= 15 is 0 Å². The van der Waals surface area contributed by atoms with E-state index in [9.17, 15) is 8.78 Å². The van der Waals surface area contributed by atoms with Gasteiger partial charge >= 0.3 is 0 Å². The molecule has 3 aromatic rings. The summed E-state index contributed by atoms with van der Waals surface area (Å²) < 4.78 is 26.8. The first-order chi connectivity index (χ1) is 11.9. The third-order valence-electron chi connectivity index (χ3n) is 3.53. The summed E-state index contributed by atoms with van der Waals surface area (Å²) in [7, 11) is 0. The van der Waals surface area contributed by atoms with Crippen molar-refractivity contribution in [2.75, 3.05) is 10.6 Å². The zero-order valence-electron chi connectivity index (χ0n) is 14.2. The Morgan fingerprint density at radius 3 is 2.04 bits per heavy atom. The smallest absolute Gasteiger partial charge is 0.149 e. The van der Waals surface area contributed by atoms with Crippen molar-refractivity contribution in [3.63, 3.8) is 0 Å². The molecular formula is C19H18F2N4. The molecule has 0 aliphatic heterocycles. The van der Waals surface area contributed by atoms with Gasteiger partial charge in [-0.1, -0.05) is 6.07 Å². The van der Waals surface area contributed by atoms with Gasteiger partial charge in [-0.25, -0.2) is 18.7 Å². The molecule has 0 aliphatic carbocycles. The molecule has 0 saturated heterocycles. The van der Waals surface area contributed by atoms with Gasteiger partial charge in [-0.15, -0.1) is 0 Å². The third-order valence-corrected chi connectivity index (χ3v) is 3.53. The lowest BCUT2D eigenvalue weighted by atomic mass is 10.1. The maximum atomic E-state index is 13.8. The first kappa shape index (κ1) is 16.8. The van der Waals surface area contributed by atoms with E-state index in [0.29, 0.717) is 17.5 Å². The highest BCUT2D eigenvalue weighted by atomic mass is 19.1. The highest BCUT2D eigenvalue weighted by Crippen LogP contribution is 2.23. The molecule has 3 rings (SSSR count). The molecule has 0 unspecified atom stereocenters. The van der Waals surface area contributed by atoms with E-state index < -0.39 is 11.6 Å². The van der Waals surface area contributed by atoms with Crippen molar-refractivity contribution in [1.82, 2.24) is 9.97 Å². The number of halogens is 2. The molecule has 0 saturated carbocycles. The lowest BCUT2D eigenvalue weighted by molar-refractivity contribution is 0.586. The van der Waals surface area contributed by atoms with Crippen LogP contribution >= 0.6 is 0 Å². The van der Waals surface area contributed by atoms with Crippen LogP contribution in [0.1, 0.15) is 17.0 Å². The summed E-state index contributed by atoms with van der Waals surface area (Å²) in [6, 6.07) is 11.1. The quantitative estimate of drug-likeness (QED) is 0.688. The van der Waals surface area contributed by atoms with Gasteiger partial charge in [0.2, 0.25) is 0 Å². The zero-order valence-corrected chi connectivity index (χ0v) is 14.2. The fourth-order valence-corrected chi connectivity index (χ4v) is 2.62. The van der Waals surface area contributed by atoms with Crippen LogP contribution in [0.25, 0.3) is 0 Å². The summed E-state index contributed by atoms with van der Waals surface area (Å²) in [6.07, 6.45) is 0. The Labute approximate surface area is 145 Å². The maximum Gasteiger partial charge on any atom is 0.149 e. The van der Waals surface area contributed by atoms with Crippen LogP contribution in [0.15, 0.2) is 42.5 Å². The fourth-order valence-electron chi connectivity index (χ4n) is 2.62. The standard InChI is InChI=1S/C19H18F2N4/c1-11-6-12(2)8-15(7-11)24-18-10-19(23-13(3)22-18)25-17-5-4-14(20)9-16(17)21/h4-10H,1-3H3,(H2,22,23,24,25). The summed E-state index contributed by atoms with van der Waals surface area (Å²) in [4.78, 5) is 8.60. The Morgan fingerprint density at radius 1 is 0.760 bits per heavy atom. The minimum atomic E-state index is -0.680. The number of aromatic nitrogens is 2. The minimum Gasteiger partial charge on any atom is -0.340 e. The molecule has 0 aliphatic rings. The average Bonchev–Trinajstić information content (AvgIpc) is 2.48. The molecular weight excluding hydrogens is 322 g/mol. The molecule has 0 bridgehead atoms. The Bertz CT molecular complexity index is 905. The predicted molar refractivity (Wildman–Crippen MR) is 95.6 cm³/mol. The van der Waals surface area contributed by atoms with Gasteiger partial charge in [0, 0.05) is 17.8 Å². The summed E-state index contributed by atoms with van der Waals surface area (Å²) in [5, 5.41) is 6.09. The number of aryl methyl sites for hydroxylation is 3. The van der Waals surface area contributed by atoms with Crippen LogP contribution in [0.2, 0.25) is 0 Å². The van der Waals surface area contributed by atoms with E-state index in [1.807, 2.05) is 26.0 Å². The van der Waals surface area contributed by atoms with Gasteiger partial charge in [-0.2, -0.15) is 0 Å². The zero-order chi connectivity index (χ0) is 18.0. The van der Waals surface area contributed by atoms with Crippen LogP contribution in [0.4, 0.5) is 31.8 Å². The van der Waals surface area contributed by atoms with Gasteiger partial charge in [0.15, 0.2) is 0 Å². The van der Waals surface area contributed by atoms with Crippen LogP contribution in [0.5, 0.6) is 0 Å². The lowest BCUT2D eigenvalue weighted by Crippen LogP contribution is -2.03. The molecule has 128 valence electrons. The number of nitrogens with zero attached hydrogens (tertiary/aromatic N) is 2. The summed E-state index contributed by atoms with van der Waals surface area (Å²) >= 11 is 0. The van der Waals surface area contributed by atoms with Gasteiger partial charge < -0.3 is 10.6 Å². The fraction of sp³-hybridized carbons (Fsp3) is 0.158. The lowest BCUT2D eigenvalue weighted by Gasteiger charge is -2.12. The second kappa shape index (κ2) is 6.84. The number of benzene rings is 2. The monoisotopic (exact) mass is 340 g/mol. The van der Waals surface area contributed by atoms with Crippen molar-refractivity contribution >= 4 is 23.0 Å². The van der Waals surface area contributed by atoms with Gasteiger partial charge in [0.05, 0.1) is 5.69 Å². The first-order valence-electron chi connectivity index (χ1n) is 7.82. The Hall–Kier alpha value is -3.02. The highest BCUT2D eigenvalue weighted by Gasteiger charge is 2.08. The van der Waals surface area contributed by atoms with E-state index in [2.05, 4.69) is 26.7 Å². The molecule has 0 atom stereocenters. The summed E-state index contributed by atoms with van der Waals surface area (Å²) in [6.45, 7) is 5.79. The molecule has 2 aromatic carbocycles. The molecule has 25 heavy (non-hydrogen) atoms. The van der Waals surface area contributed by atoms with E-state index in [-0.39, 0.29) is 5.69 Å². The van der Waals surface area contributed by atoms with E-state index in [1.54, 1.807) is 13.0 Å². The Morgan fingerprint density at radius 2 is 1.40 bits per heavy atom. The number of hydrogen-bond donors (Lipinski definition) is 2. The number of anilines is 4. The molecule has 0 radical (unpaired) electrons. The molecule has 0 spiro atoms. The molecule has 0 amide bonds. The maximum absolute atomic E-state index is 13.8. The second-order valence-electron chi connectivity index (χ2n) is 5.94. The van der Waals surface area contributed by atoms with Gasteiger partial charge in [0.25, 0.3) is 0 Å². The third kappa shape index (κ3) is 4.29. The van der Waals surface area contributed by atoms with Gasteiger partial charge in [-0.05, 0) is 56.2 Å². The number of hydrogen-bond acceptors (Lipinski definition) is 4. The molecule has 2 N–H and O–H groups in total. The normalized spacial score (nSPS) is 10.6. The topological polar surface area (TPSA) is 49.8 Å². The van der Waals surface area contributed by atoms with Crippen LogP contribution in [-0.2, 0) is 0 Å². The molecule has 4 nitrogen and oxygen atoms in total. The highest BCUT2D eigenvalue weighted by molar-refractivity contribution is 5.64. The van der Waals surface area contributed by atoms with Crippen molar-refractivity contribution in [3.05, 3.63) is 71.1 Å². The number of rotatable bonds is 4. The van der Waals surface area contributed by atoms with E-state index in [4.69, 9.17) is 0 Å². The molecule has 1 heterocycles. The minimum absolute atomic E-state index is 0.150. The van der Waals surface area contributed by atoms with E-state index in [0.717, 1.165) is 22.9 Å². The molecule has 1 aromatic heterocycles. The Kier molecular flexibility index (Phi) is 4.61. The van der Waals surface area contributed by atoms with Crippen LogP contribution < -0.4 is 10.6 Å². The summed E-state index contributed by atoms with van der Waals surface area (Å²) in [5.74, 6) is 0.228. The van der Waals surface area contributed by atoms with Crippen molar-refractivity contribution in [2.45, 2.75) is 20.8 Å². The number of nitrogens with one attached hydrogen (secondary N) is 2. The summed E-state index contributed by atoms with van der Waals surface area (Å²) in [5.41, 5.74) is 3.34. The van der Waals surface area contributed by atoms with Crippen molar-refractivity contribution in [3.8, 4) is 0 Å². The predicted octanol–water partition coefficient (Wildman–Crippen LogP) is 5.17.